The molecule has 1 unspecified atom stereocenters. The number of nitrogens with zero attached hydrogens (tertiary/aromatic N) is 1. The number of quaternary nitrogens is 1. The van der Waals surface area contributed by atoms with Crippen LogP contribution in [0.3, 0.4) is 0 Å². The zero-order valence-corrected chi connectivity index (χ0v) is 10.5. The molecular formula is C10H22NO3S+. The highest BCUT2D eigenvalue weighted by Crippen LogP contribution is 2.22. The molecule has 1 fully saturated rings. The number of likely N-dealkylation sites (tertiary alicyclic amines) is 1. The van der Waals surface area contributed by atoms with E-state index in [0.717, 1.165) is 17.6 Å². The molecule has 1 atom stereocenters. The summed E-state index contributed by atoms with van der Waals surface area (Å²) in [6.07, 6.45) is 4.30. The Balaban J connectivity index is 2.48. The molecule has 0 aliphatic carbocycles. The van der Waals surface area contributed by atoms with E-state index in [2.05, 4.69) is 14.0 Å². The number of hydrogen-bond acceptors (Lipinski definition) is 2. The van der Waals surface area contributed by atoms with Crippen LogP contribution in [0.25, 0.3) is 0 Å². The van der Waals surface area contributed by atoms with Crippen LogP contribution >= 0.6 is 0 Å². The van der Waals surface area contributed by atoms with Gasteiger partial charge in [0.15, 0.2) is 0 Å². The molecule has 1 aliphatic heterocycles. The van der Waals surface area contributed by atoms with E-state index < -0.39 is 10.1 Å². The molecule has 90 valence electrons. The second kappa shape index (κ2) is 4.80. The summed E-state index contributed by atoms with van der Waals surface area (Å²) in [6.45, 7) is 4.34. The minimum Gasteiger partial charge on any atom is -0.324 e. The van der Waals surface area contributed by atoms with E-state index in [1.165, 1.54) is 19.3 Å². The summed E-state index contributed by atoms with van der Waals surface area (Å²) >= 11 is 0. The van der Waals surface area contributed by atoms with Crippen LogP contribution < -0.4 is 0 Å². The average Bonchev–Trinajstić information content (AvgIpc) is 2.14. The van der Waals surface area contributed by atoms with Crippen LogP contribution in [-0.4, -0.2) is 49.4 Å². The lowest BCUT2D eigenvalue weighted by atomic mass is 10.0. The Labute approximate surface area is 92.6 Å². The van der Waals surface area contributed by atoms with Crippen LogP contribution in [0.4, 0.5) is 0 Å². The van der Waals surface area contributed by atoms with E-state index in [1.807, 2.05) is 0 Å². The normalized spacial score (nSPS) is 23.7. The zero-order chi connectivity index (χ0) is 11.5. The standard InChI is InChI=1S/C10H21NO3S/c1-10(6-9-15(12,13)14)11(2)7-4-3-5-8-11/h10H,3-9H2,1-2H3/p+1. The van der Waals surface area contributed by atoms with Gasteiger partial charge in [0.1, 0.15) is 0 Å². The van der Waals surface area contributed by atoms with Crippen LogP contribution in [0.2, 0.25) is 0 Å². The fraction of sp³-hybridized carbons (Fsp3) is 1.00. The van der Waals surface area contributed by atoms with Crippen molar-refractivity contribution in [3.05, 3.63) is 0 Å². The quantitative estimate of drug-likeness (QED) is 0.591. The van der Waals surface area contributed by atoms with Crippen molar-refractivity contribution < 1.29 is 17.5 Å². The summed E-state index contributed by atoms with van der Waals surface area (Å²) < 4.78 is 31.0. The van der Waals surface area contributed by atoms with Gasteiger partial charge < -0.3 is 4.48 Å². The van der Waals surface area contributed by atoms with Gasteiger partial charge >= 0.3 is 0 Å². The summed E-state index contributed by atoms with van der Waals surface area (Å²) in [5, 5.41) is 0. The predicted molar refractivity (Wildman–Crippen MR) is 60.3 cm³/mol. The molecule has 1 rings (SSSR count). The van der Waals surface area contributed by atoms with Gasteiger partial charge in [-0.15, -0.1) is 0 Å². The fourth-order valence-electron chi connectivity index (χ4n) is 2.31. The van der Waals surface area contributed by atoms with Gasteiger partial charge in [-0.05, 0) is 26.2 Å². The van der Waals surface area contributed by atoms with Gasteiger partial charge in [0, 0.05) is 6.42 Å². The van der Waals surface area contributed by atoms with Crippen molar-refractivity contribution in [2.75, 3.05) is 25.9 Å². The minimum absolute atomic E-state index is 0.109. The van der Waals surface area contributed by atoms with Gasteiger partial charge in [0.2, 0.25) is 0 Å². The Hall–Kier alpha value is -0.130. The molecular weight excluding hydrogens is 214 g/mol. The maximum Gasteiger partial charge on any atom is 0.265 e. The highest BCUT2D eigenvalue weighted by molar-refractivity contribution is 7.85. The molecule has 15 heavy (non-hydrogen) atoms. The Morgan fingerprint density at radius 1 is 1.27 bits per heavy atom. The second-order valence-electron chi connectivity index (χ2n) is 4.91. The van der Waals surface area contributed by atoms with E-state index in [-0.39, 0.29) is 5.75 Å². The predicted octanol–water partition coefficient (Wildman–Crippen LogP) is 1.28. The molecule has 1 heterocycles. The summed E-state index contributed by atoms with van der Waals surface area (Å²) in [4.78, 5) is 0. The molecule has 1 N–H and O–H groups in total. The highest BCUT2D eigenvalue weighted by atomic mass is 32.2. The van der Waals surface area contributed by atoms with E-state index >= 15 is 0 Å². The maximum absolute atomic E-state index is 10.7. The molecule has 1 aliphatic rings. The van der Waals surface area contributed by atoms with Crippen LogP contribution in [0.15, 0.2) is 0 Å². The van der Waals surface area contributed by atoms with Crippen molar-refractivity contribution in [3.63, 3.8) is 0 Å². The highest BCUT2D eigenvalue weighted by Gasteiger charge is 2.31. The first-order chi connectivity index (χ1) is 6.83. The molecule has 0 aromatic rings. The molecule has 0 spiro atoms. The summed E-state index contributed by atoms with van der Waals surface area (Å²) in [7, 11) is -1.61. The van der Waals surface area contributed by atoms with Gasteiger partial charge in [-0.25, -0.2) is 0 Å². The van der Waals surface area contributed by atoms with Crippen LogP contribution in [-0.2, 0) is 10.1 Å². The van der Waals surface area contributed by atoms with Crippen LogP contribution in [0.5, 0.6) is 0 Å². The van der Waals surface area contributed by atoms with E-state index in [0.29, 0.717) is 12.5 Å². The van der Waals surface area contributed by atoms with E-state index in [9.17, 15) is 8.42 Å². The topological polar surface area (TPSA) is 54.4 Å². The first kappa shape index (κ1) is 12.9. The lowest BCUT2D eigenvalue weighted by Gasteiger charge is -2.42. The molecule has 0 saturated carbocycles. The van der Waals surface area contributed by atoms with E-state index in [4.69, 9.17) is 4.55 Å². The lowest BCUT2D eigenvalue weighted by Crippen LogP contribution is -2.54. The Bertz CT molecular complexity index is 294. The monoisotopic (exact) mass is 236 g/mol. The Morgan fingerprint density at radius 3 is 2.27 bits per heavy atom. The summed E-state index contributed by atoms with van der Waals surface area (Å²) in [6, 6.07) is 0.312. The molecule has 0 radical (unpaired) electrons. The number of hydrogen-bond donors (Lipinski definition) is 1. The number of piperidine rings is 1. The Morgan fingerprint density at radius 2 is 1.80 bits per heavy atom. The molecule has 4 nitrogen and oxygen atoms in total. The largest absolute Gasteiger partial charge is 0.324 e. The lowest BCUT2D eigenvalue weighted by molar-refractivity contribution is -0.935. The molecule has 0 bridgehead atoms. The van der Waals surface area contributed by atoms with Crippen molar-refractivity contribution in [2.45, 2.75) is 38.6 Å². The van der Waals surface area contributed by atoms with Crippen molar-refractivity contribution in [1.29, 1.82) is 0 Å². The third-order valence-corrected chi connectivity index (χ3v) is 4.45. The van der Waals surface area contributed by atoms with Crippen LogP contribution in [0.1, 0.15) is 32.6 Å². The minimum atomic E-state index is -3.79. The second-order valence-corrected chi connectivity index (χ2v) is 6.48. The van der Waals surface area contributed by atoms with Crippen molar-refractivity contribution in [2.24, 2.45) is 0 Å². The summed E-state index contributed by atoms with van der Waals surface area (Å²) in [5.74, 6) is -0.109. The first-order valence-electron chi connectivity index (χ1n) is 5.63. The third kappa shape index (κ3) is 4.09. The summed E-state index contributed by atoms with van der Waals surface area (Å²) in [5.41, 5.74) is 0. The van der Waals surface area contributed by atoms with Gasteiger partial charge in [-0.2, -0.15) is 8.42 Å². The van der Waals surface area contributed by atoms with Gasteiger partial charge in [-0.3, -0.25) is 4.55 Å². The molecule has 1 saturated heterocycles. The van der Waals surface area contributed by atoms with E-state index in [1.54, 1.807) is 0 Å². The fourth-order valence-corrected chi connectivity index (χ4v) is 2.95. The van der Waals surface area contributed by atoms with Crippen LogP contribution in [0, 0.1) is 0 Å². The van der Waals surface area contributed by atoms with Crippen molar-refractivity contribution in [1.82, 2.24) is 0 Å². The molecule has 0 aromatic heterocycles. The van der Waals surface area contributed by atoms with Gasteiger partial charge in [-0.1, -0.05) is 0 Å². The van der Waals surface area contributed by atoms with Gasteiger partial charge in [0.05, 0.1) is 31.9 Å². The third-order valence-electron chi connectivity index (χ3n) is 3.70. The zero-order valence-electron chi connectivity index (χ0n) is 9.65. The van der Waals surface area contributed by atoms with Crippen molar-refractivity contribution in [3.8, 4) is 0 Å². The smallest absolute Gasteiger partial charge is 0.265 e. The Kier molecular flexibility index (Phi) is 4.14. The number of rotatable bonds is 4. The average molecular weight is 236 g/mol. The molecule has 5 heteroatoms. The molecule has 0 aromatic carbocycles. The molecule has 0 amide bonds. The SMILES string of the molecule is CC(CCS(=O)(=O)O)[N+]1(C)CCCCC1. The first-order valence-corrected chi connectivity index (χ1v) is 7.24. The maximum atomic E-state index is 10.7. The van der Waals surface area contributed by atoms with Crippen molar-refractivity contribution >= 4 is 10.1 Å². The van der Waals surface area contributed by atoms with Gasteiger partial charge in [0.25, 0.3) is 10.1 Å².